The van der Waals surface area contributed by atoms with Gasteiger partial charge in [-0.05, 0) is 64.1 Å². The molecule has 1 unspecified atom stereocenters. The largest absolute Gasteiger partial charge is 0.306 e. The maximum Gasteiger partial charge on any atom is 0.0683 e. The van der Waals surface area contributed by atoms with Crippen molar-refractivity contribution < 1.29 is 0 Å². The molecule has 2 rings (SSSR count). The van der Waals surface area contributed by atoms with E-state index >= 15 is 0 Å². The number of hydrogen-bond acceptors (Lipinski definition) is 2. The van der Waals surface area contributed by atoms with Crippen LogP contribution in [0, 0.1) is 0 Å². The van der Waals surface area contributed by atoms with Crippen molar-refractivity contribution in [2.75, 3.05) is 6.54 Å². The Morgan fingerprint density at radius 3 is 2.37 bits per heavy atom. The van der Waals surface area contributed by atoms with Crippen molar-refractivity contribution in [2.45, 2.75) is 19.4 Å². The summed E-state index contributed by atoms with van der Waals surface area (Å²) >= 11 is 12.5. The monoisotopic (exact) mass is 465 g/mol. The first-order valence-corrected chi connectivity index (χ1v) is 9.30. The van der Waals surface area contributed by atoms with Gasteiger partial charge in [-0.2, -0.15) is 0 Å². The van der Waals surface area contributed by atoms with Gasteiger partial charge in [0.15, 0.2) is 0 Å². The van der Waals surface area contributed by atoms with Gasteiger partial charge in [0.2, 0.25) is 0 Å². The minimum absolute atomic E-state index is 0.225. The lowest BCUT2D eigenvalue weighted by molar-refractivity contribution is 0.604. The second-order valence-corrected chi connectivity index (χ2v) is 7.86. The van der Waals surface area contributed by atoms with E-state index < -0.39 is 0 Å². The van der Waals surface area contributed by atoms with E-state index in [4.69, 9.17) is 0 Å². The second-order valence-electron chi connectivity index (χ2n) is 4.22. The highest BCUT2D eigenvalue weighted by Gasteiger charge is 2.18. The smallest absolute Gasteiger partial charge is 0.0683 e. The van der Waals surface area contributed by atoms with Crippen molar-refractivity contribution in [2.24, 2.45) is 0 Å². The molecule has 1 atom stereocenters. The zero-order valence-corrected chi connectivity index (χ0v) is 16.0. The number of thiophene rings is 1. The van der Waals surface area contributed by atoms with Crippen molar-refractivity contribution >= 4 is 59.1 Å². The first-order valence-electron chi connectivity index (χ1n) is 6.04. The number of rotatable bonds is 5. The van der Waals surface area contributed by atoms with Gasteiger partial charge >= 0.3 is 0 Å². The molecule has 0 radical (unpaired) electrons. The fraction of sp³-hybridized carbons (Fsp3) is 0.286. The quantitative estimate of drug-likeness (QED) is 0.558. The normalized spacial score (nSPS) is 12.6. The molecule has 0 aliphatic carbocycles. The van der Waals surface area contributed by atoms with E-state index in [2.05, 4.69) is 89.7 Å². The first-order chi connectivity index (χ1) is 9.11. The minimum atomic E-state index is 0.225. The van der Waals surface area contributed by atoms with Gasteiger partial charge in [0.1, 0.15) is 0 Å². The van der Waals surface area contributed by atoms with Crippen LogP contribution in [0.1, 0.15) is 29.8 Å². The molecular weight excluding hydrogens is 454 g/mol. The van der Waals surface area contributed by atoms with Gasteiger partial charge in [0.05, 0.1) is 6.04 Å². The lowest BCUT2D eigenvalue weighted by atomic mass is 10.1. The summed E-state index contributed by atoms with van der Waals surface area (Å²) in [5.41, 5.74) is 1.26. The standard InChI is InChI=1S/C14H14Br3NS/c1-2-4-18-13(14-12(17)3-5-19-14)9-6-10(15)8-11(16)7-9/h3,5-8,13,18H,2,4H2,1H3. The zero-order valence-electron chi connectivity index (χ0n) is 10.4. The van der Waals surface area contributed by atoms with Crippen molar-refractivity contribution in [3.63, 3.8) is 0 Å². The Kier molecular flexibility index (Phi) is 6.09. The van der Waals surface area contributed by atoms with Crippen molar-refractivity contribution in [1.29, 1.82) is 0 Å². The average Bonchev–Trinajstić information content (AvgIpc) is 2.75. The van der Waals surface area contributed by atoms with Crippen LogP contribution in [0.25, 0.3) is 0 Å². The molecule has 1 aromatic heterocycles. The van der Waals surface area contributed by atoms with Gasteiger partial charge in [-0.3, -0.25) is 0 Å². The lowest BCUT2D eigenvalue weighted by Crippen LogP contribution is -2.22. The van der Waals surface area contributed by atoms with E-state index in [1.165, 1.54) is 14.9 Å². The Bertz CT molecular complexity index is 533. The molecule has 1 N–H and O–H groups in total. The van der Waals surface area contributed by atoms with E-state index in [9.17, 15) is 0 Å². The molecule has 19 heavy (non-hydrogen) atoms. The number of halogens is 3. The molecule has 0 aliphatic rings. The van der Waals surface area contributed by atoms with Crippen LogP contribution in [0.2, 0.25) is 0 Å². The molecular formula is C14H14Br3NS. The summed E-state index contributed by atoms with van der Waals surface area (Å²) in [5, 5.41) is 5.74. The summed E-state index contributed by atoms with van der Waals surface area (Å²) in [5.74, 6) is 0. The fourth-order valence-electron chi connectivity index (χ4n) is 1.90. The van der Waals surface area contributed by atoms with Gasteiger partial charge in [-0.1, -0.05) is 38.8 Å². The Hall–Kier alpha value is 0.320. The highest BCUT2D eigenvalue weighted by atomic mass is 79.9. The molecule has 1 nitrogen and oxygen atoms in total. The summed E-state index contributed by atoms with van der Waals surface area (Å²) in [6.07, 6.45) is 1.12. The molecule has 0 saturated carbocycles. The van der Waals surface area contributed by atoms with E-state index in [1.807, 2.05) is 0 Å². The summed E-state index contributed by atoms with van der Waals surface area (Å²) in [4.78, 5) is 1.32. The van der Waals surface area contributed by atoms with Crippen molar-refractivity contribution in [1.82, 2.24) is 5.32 Å². The van der Waals surface area contributed by atoms with Gasteiger partial charge in [-0.25, -0.2) is 0 Å². The Morgan fingerprint density at radius 1 is 1.16 bits per heavy atom. The van der Waals surface area contributed by atoms with Gasteiger partial charge in [-0.15, -0.1) is 11.3 Å². The van der Waals surface area contributed by atoms with Crippen LogP contribution in [0.5, 0.6) is 0 Å². The van der Waals surface area contributed by atoms with Crippen LogP contribution in [-0.4, -0.2) is 6.54 Å². The van der Waals surface area contributed by atoms with E-state index in [-0.39, 0.29) is 6.04 Å². The zero-order chi connectivity index (χ0) is 13.8. The third-order valence-corrected chi connectivity index (χ3v) is 5.57. The predicted octanol–water partition coefficient (Wildman–Crippen LogP) is 6.12. The third kappa shape index (κ3) is 4.14. The third-order valence-electron chi connectivity index (χ3n) is 2.72. The van der Waals surface area contributed by atoms with Crippen LogP contribution in [0.15, 0.2) is 43.1 Å². The first kappa shape index (κ1) is 15.7. The molecule has 0 aliphatic heterocycles. The second kappa shape index (κ2) is 7.36. The number of hydrogen-bond donors (Lipinski definition) is 1. The Balaban J connectivity index is 2.39. The van der Waals surface area contributed by atoms with Crippen molar-refractivity contribution in [3.8, 4) is 0 Å². The topological polar surface area (TPSA) is 12.0 Å². The molecule has 0 amide bonds. The van der Waals surface area contributed by atoms with E-state index in [0.29, 0.717) is 0 Å². The van der Waals surface area contributed by atoms with Gasteiger partial charge in [0, 0.05) is 18.3 Å². The molecule has 0 bridgehead atoms. The SMILES string of the molecule is CCCNC(c1cc(Br)cc(Br)c1)c1sccc1Br. The Morgan fingerprint density at radius 2 is 1.84 bits per heavy atom. The molecule has 102 valence electrons. The maximum absolute atomic E-state index is 3.64. The molecule has 1 aromatic carbocycles. The highest BCUT2D eigenvalue weighted by Crippen LogP contribution is 2.35. The summed E-state index contributed by atoms with van der Waals surface area (Å²) in [6.45, 7) is 3.18. The summed E-state index contributed by atoms with van der Waals surface area (Å²) < 4.78 is 3.35. The molecule has 0 fully saturated rings. The van der Waals surface area contributed by atoms with Crippen LogP contribution in [0.3, 0.4) is 0 Å². The fourth-order valence-corrected chi connectivity index (χ4v) is 4.94. The molecule has 2 aromatic rings. The van der Waals surface area contributed by atoms with Crippen LogP contribution in [-0.2, 0) is 0 Å². The van der Waals surface area contributed by atoms with E-state index in [1.54, 1.807) is 11.3 Å². The summed E-state index contributed by atoms with van der Waals surface area (Å²) in [7, 11) is 0. The van der Waals surface area contributed by atoms with Crippen LogP contribution < -0.4 is 5.32 Å². The highest BCUT2D eigenvalue weighted by molar-refractivity contribution is 9.11. The maximum atomic E-state index is 3.64. The van der Waals surface area contributed by atoms with Crippen molar-refractivity contribution in [3.05, 3.63) is 53.5 Å². The number of nitrogens with one attached hydrogen (secondary N) is 1. The van der Waals surface area contributed by atoms with Crippen LogP contribution >= 0.6 is 59.1 Å². The lowest BCUT2D eigenvalue weighted by Gasteiger charge is -2.19. The van der Waals surface area contributed by atoms with Gasteiger partial charge < -0.3 is 5.32 Å². The Labute approximate surface area is 143 Å². The average molecular weight is 468 g/mol. The molecule has 0 spiro atoms. The summed E-state index contributed by atoms with van der Waals surface area (Å²) in [6, 6.07) is 8.73. The van der Waals surface area contributed by atoms with E-state index in [0.717, 1.165) is 21.9 Å². The molecule has 5 heteroatoms. The van der Waals surface area contributed by atoms with Crippen LogP contribution in [0.4, 0.5) is 0 Å². The number of benzene rings is 1. The van der Waals surface area contributed by atoms with Gasteiger partial charge in [0.25, 0.3) is 0 Å². The molecule has 0 saturated heterocycles. The minimum Gasteiger partial charge on any atom is -0.306 e. The molecule has 1 heterocycles. The predicted molar refractivity (Wildman–Crippen MR) is 94.0 cm³/mol.